The van der Waals surface area contributed by atoms with E-state index < -0.39 is 17.2 Å². The third-order valence-electron chi connectivity index (χ3n) is 3.26. The maximum absolute atomic E-state index is 13.1. The summed E-state index contributed by atoms with van der Waals surface area (Å²) < 4.78 is 23.4. The molecular formula is C17H18FNO4. The summed E-state index contributed by atoms with van der Waals surface area (Å²) in [6.45, 7) is 5.52. The second kappa shape index (κ2) is 7.09. The van der Waals surface area contributed by atoms with E-state index in [4.69, 9.17) is 9.47 Å². The number of hydrogen-bond donors (Lipinski definition) is 1. The number of benzene rings is 1. The number of ether oxygens (including phenoxy) is 2. The summed E-state index contributed by atoms with van der Waals surface area (Å²) in [5.41, 5.74) is 0.641. The molecule has 0 radical (unpaired) electrons. The van der Waals surface area contributed by atoms with Crippen molar-refractivity contribution in [1.29, 1.82) is 0 Å². The highest BCUT2D eigenvalue weighted by molar-refractivity contribution is 5.93. The number of carbonyl (C=O) groups excluding carboxylic acids is 1. The van der Waals surface area contributed by atoms with Crippen LogP contribution in [0.5, 0.6) is 5.88 Å². The standard InChI is InChI=1S/C17H18FNO4/c1-4-22-16-14(17(21)23-5-2)15(20)13(10(3)19-16)11-6-8-12(18)9-7-11/h6-9H,4-5H2,1-3H3,(H,19,20). The fourth-order valence-corrected chi connectivity index (χ4v) is 2.30. The molecule has 1 aromatic carbocycles. The Labute approximate surface area is 133 Å². The predicted octanol–water partition coefficient (Wildman–Crippen LogP) is 3.06. The molecule has 0 aliphatic carbocycles. The molecule has 0 spiro atoms. The van der Waals surface area contributed by atoms with Crippen LogP contribution in [0.1, 0.15) is 29.9 Å². The van der Waals surface area contributed by atoms with E-state index in [0.717, 1.165) is 0 Å². The molecule has 0 fully saturated rings. The van der Waals surface area contributed by atoms with Crippen LogP contribution in [-0.4, -0.2) is 24.2 Å². The number of H-pyrrole nitrogens is 1. The molecule has 2 aromatic rings. The molecule has 5 nitrogen and oxygen atoms in total. The third-order valence-corrected chi connectivity index (χ3v) is 3.26. The van der Waals surface area contributed by atoms with E-state index in [2.05, 4.69) is 4.98 Å². The topological polar surface area (TPSA) is 68.4 Å². The number of rotatable bonds is 5. The fraction of sp³-hybridized carbons (Fsp3) is 0.294. The Balaban J connectivity index is 2.69. The minimum Gasteiger partial charge on any atom is -0.479 e. The SMILES string of the molecule is CCOC(=O)c1c(OCC)[nH]c(C)c(-c2ccc(F)cc2)c1=O. The lowest BCUT2D eigenvalue weighted by Gasteiger charge is -2.13. The number of aryl methyl sites for hydroxylation is 1. The largest absolute Gasteiger partial charge is 0.479 e. The van der Waals surface area contributed by atoms with Gasteiger partial charge in [-0.3, -0.25) is 4.79 Å². The van der Waals surface area contributed by atoms with Gasteiger partial charge in [-0.1, -0.05) is 12.1 Å². The van der Waals surface area contributed by atoms with Crippen molar-refractivity contribution < 1.29 is 18.7 Å². The van der Waals surface area contributed by atoms with E-state index in [0.29, 0.717) is 11.3 Å². The number of hydrogen-bond acceptors (Lipinski definition) is 4. The Bertz CT molecular complexity index is 765. The Morgan fingerprint density at radius 2 is 1.83 bits per heavy atom. The van der Waals surface area contributed by atoms with Crippen LogP contribution in [0.2, 0.25) is 0 Å². The van der Waals surface area contributed by atoms with Gasteiger partial charge in [0.05, 0.1) is 13.2 Å². The molecule has 0 aliphatic heterocycles. The highest BCUT2D eigenvalue weighted by atomic mass is 19.1. The van der Waals surface area contributed by atoms with Gasteiger partial charge in [0, 0.05) is 11.3 Å². The Hall–Kier alpha value is -2.63. The molecule has 1 aromatic heterocycles. The molecule has 0 saturated heterocycles. The maximum atomic E-state index is 13.1. The lowest BCUT2D eigenvalue weighted by atomic mass is 10.0. The van der Waals surface area contributed by atoms with Crippen LogP contribution < -0.4 is 10.2 Å². The first-order valence-electron chi connectivity index (χ1n) is 7.32. The zero-order valence-electron chi connectivity index (χ0n) is 13.2. The molecular weight excluding hydrogens is 301 g/mol. The first-order chi connectivity index (χ1) is 11.0. The molecule has 0 amide bonds. The van der Waals surface area contributed by atoms with Gasteiger partial charge >= 0.3 is 5.97 Å². The average Bonchev–Trinajstić information content (AvgIpc) is 2.49. The van der Waals surface area contributed by atoms with E-state index >= 15 is 0 Å². The summed E-state index contributed by atoms with van der Waals surface area (Å²) in [6.07, 6.45) is 0. The van der Waals surface area contributed by atoms with Gasteiger partial charge in [-0.05, 0) is 38.5 Å². The van der Waals surface area contributed by atoms with E-state index in [1.54, 1.807) is 20.8 Å². The first kappa shape index (κ1) is 16.7. The van der Waals surface area contributed by atoms with Crippen molar-refractivity contribution in [1.82, 2.24) is 4.98 Å². The summed E-state index contributed by atoms with van der Waals surface area (Å²) in [5, 5.41) is 0. The first-order valence-corrected chi connectivity index (χ1v) is 7.32. The monoisotopic (exact) mass is 319 g/mol. The number of pyridine rings is 1. The van der Waals surface area contributed by atoms with Crippen molar-refractivity contribution in [3.63, 3.8) is 0 Å². The molecule has 23 heavy (non-hydrogen) atoms. The van der Waals surface area contributed by atoms with Crippen LogP contribution in [-0.2, 0) is 4.74 Å². The quantitative estimate of drug-likeness (QED) is 0.860. The lowest BCUT2D eigenvalue weighted by Crippen LogP contribution is -2.23. The van der Waals surface area contributed by atoms with Crippen LogP contribution in [0.15, 0.2) is 29.1 Å². The van der Waals surface area contributed by atoms with Gasteiger partial charge in [-0.2, -0.15) is 0 Å². The molecule has 122 valence electrons. The molecule has 0 saturated carbocycles. The van der Waals surface area contributed by atoms with Gasteiger partial charge in [0.15, 0.2) is 5.56 Å². The highest BCUT2D eigenvalue weighted by Crippen LogP contribution is 2.24. The molecule has 0 aliphatic rings. The summed E-state index contributed by atoms with van der Waals surface area (Å²) in [4.78, 5) is 27.8. The molecule has 2 rings (SSSR count). The van der Waals surface area contributed by atoms with Gasteiger partial charge in [0.25, 0.3) is 0 Å². The van der Waals surface area contributed by atoms with Gasteiger partial charge in [0.1, 0.15) is 5.82 Å². The van der Waals surface area contributed by atoms with E-state index in [1.165, 1.54) is 24.3 Å². The lowest BCUT2D eigenvalue weighted by molar-refractivity contribution is 0.0519. The van der Waals surface area contributed by atoms with Crippen molar-refractivity contribution in [3.05, 3.63) is 51.6 Å². The van der Waals surface area contributed by atoms with E-state index in [-0.39, 0.29) is 30.2 Å². The predicted molar refractivity (Wildman–Crippen MR) is 84.3 cm³/mol. The van der Waals surface area contributed by atoms with Gasteiger partial charge in [0.2, 0.25) is 11.3 Å². The van der Waals surface area contributed by atoms with Crippen molar-refractivity contribution >= 4 is 5.97 Å². The smallest absolute Gasteiger partial charge is 0.347 e. The second-order valence-electron chi connectivity index (χ2n) is 4.82. The van der Waals surface area contributed by atoms with Crippen LogP contribution >= 0.6 is 0 Å². The molecule has 1 N–H and O–H groups in total. The van der Waals surface area contributed by atoms with E-state index in [1.807, 2.05) is 0 Å². The maximum Gasteiger partial charge on any atom is 0.347 e. The minimum atomic E-state index is -0.749. The number of carbonyl (C=O) groups is 1. The molecule has 0 unspecified atom stereocenters. The van der Waals surface area contributed by atoms with Crippen molar-refractivity contribution in [2.24, 2.45) is 0 Å². The van der Waals surface area contributed by atoms with Crippen molar-refractivity contribution in [2.75, 3.05) is 13.2 Å². The van der Waals surface area contributed by atoms with Crippen LogP contribution in [0.25, 0.3) is 11.1 Å². The summed E-state index contributed by atoms with van der Waals surface area (Å²) in [7, 11) is 0. The average molecular weight is 319 g/mol. The van der Waals surface area contributed by atoms with Gasteiger partial charge in [-0.25, -0.2) is 9.18 Å². The van der Waals surface area contributed by atoms with Crippen LogP contribution in [0.3, 0.4) is 0 Å². The summed E-state index contributed by atoms with van der Waals surface area (Å²) in [5.74, 6) is -1.07. The Kier molecular flexibility index (Phi) is 5.16. The third kappa shape index (κ3) is 3.41. The van der Waals surface area contributed by atoms with Crippen LogP contribution in [0.4, 0.5) is 4.39 Å². The number of aromatic nitrogens is 1. The Morgan fingerprint density at radius 3 is 2.39 bits per heavy atom. The molecule has 0 bridgehead atoms. The number of aromatic amines is 1. The Morgan fingerprint density at radius 1 is 1.17 bits per heavy atom. The number of esters is 1. The zero-order chi connectivity index (χ0) is 17.0. The summed E-state index contributed by atoms with van der Waals surface area (Å²) >= 11 is 0. The van der Waals surface area contributed by atoms with Crippen molar-refractivity contribution in [3.8, 4) is 17.0 Å². The fourth-order valence-electron chi connectivity index (χ4n) is 2.30. The van der Waals surface area contributed by atoms with Crippen molar-refractivity contribution in [2.45, 2.75) is 20.8 Å². The molecule has 6 heteroatoms. The second-order valence-corrected chi connectivity index (χ2v) is 4.82. The van der Waals surface area contributed by atoms with Crippen LogP contribution in [0, 0.1) is 12.7 Å². The highest BCUT2D eigenvalue weighted by Gasteiger charge is 2.24. The minimum absolute atomic E-state index is 0.0827. The normalized spacial score (nSPS) is 10.4. The molecule has 0 atom stereocenters. The zero-order valence-corrected chi connectivity index (χ0v) is 13.2. The number of nitrogens with one attached hydrogen (secondary N) is 1. The molecule has 1 heterocycles. The number of halogens is 1. The van der Waals surface area contributed by atoms with E-state index in [9.17, 15) is 14.0 Å². The summed E-state index contributed by atoms with van der Waals surface area (Å²) in [6, 6.07) is 5.49. The van der Waals surface area contributed by atoms with Gasteiger partial charge in [-0.15, -0.1) is 0 Å². The van der Waals surface area contributed by atoms with Gasteiger partial charge < -0.3 is 14.5 Å².